The second kappa shape index (κ2) is 27.8. The van der Waals surface area contributed by atoms with E-state index in [0.717, 1.165) is 109 Å². The van der Waals surface area contributed by atoms with Crippen LogP contribution in [0.3, 0.4) is 0 Å². The zero-order valence-corrected chi connectivity index (χ0v) is 36.2. The summed E-state index contributed by atoms with van der Waals surface area (Å²) in [5.74, 6) is 3.35. The summed E-state index contributed by atoms with van der Waals surface area (Å²) in [4.78, 5) is 0. The van der Waals surface area contributed by atoms with Gasteiger partial charge in [0.2, 0.25) is 0 Å². The number of azo groups is 2. The number of nitrogens with zero attached hydrogens (tertiary/aromatic N) is 5. The van der Waals surface area contributed by atoms with Crippen LogP contribution in [-0.4, -0.2) is 84.5 Å². The lowest BCUT2D eigenvalue weighted by atomic mass is 10.2. The third-order valence-electron chi connectivity index (χ3n) is 9.11. The van der Waals surface area contributed by atoms with Crippen molar-refractivity contribution in [1.29, 1.82) is 0 Å². The van der Waals surface area contributed by atoms with E-state index in [1.165, 1.54) is 25.7 Å². The molecule has 0 saturated heterocycles. The predicted octanol–water partition coefficient (Wildman–Crippen LogP) is 12.8. The molecule has 0 amide bonds. The summed E-state index contributed by atoms with van der Waals surface area (Å²) in [5, 5.41) is 17.4. The largest absolute Gasteiger partial charge is 0.494 e. The molecule has 11 nitrogen and oxygen atoms in total. The van der Waals surface area contributed by atoms with Gasteiger partial charge in [0.15, 0.2) is 0 Å². The molecule has 4 aromatic carbocycles. The summed E-state index contributed by atoms with van der Waals surface area (Å²) >= 11 is 0. The van der Waals surface area contributed by atoms with Gasteiger partial charge < -0.3 is 32.9 Å². The van der Waals surface area contributed by atoms with Crippen LogP contribution < -0.4 is 18.9 Å². The van der Waals surface area contributed by atoms with E-state index in [-0.39, 0.29) is 6.10 Å². The van der Waals surface area contributed by atoms with Gasteiger partial charge in [-0.05, 0) is 136 Å². The van der Waals surface area contributed by atoms with Crippen LogP contribution >= 0.6 is 0 Å². The van der Waals surface area contributed by atoms with Crippen LogP contribution in [-0.2, 0) is 9.47 Å². The van der Waals surface area contributed by atoms with Crippen LogP contribution in [0.25, 0.3) is 0 Å². The number of ether oxygens (including phenoxy) is 6. The number of rotatable bonds is 31. The molecule has 320 valence electrons. The van der Waals surface area contributed by atoms with Crippen LogP contribution in [0.5, 0.6) is 23.0 Å². The van der Waals surface area contributed by atoms with E-state index in [1.54, 1.807) is 0 Å². The SMILES string of the molecule is CCCCCOc1ccc(N=Nc2ccc(OCCCCOCC(C[N+](C)(C)C)OCCCCOc3ccc(N=Nc4ccc(OCCCCC)cc4)cc3)cc2)cc1. The van der Waals surface area contributed by atoms with E-state index in [1.807, 2.05) is 97.1 Å². The molecule has 0 aromatic heterocycles. The van der Waals surface area contributed by atoms with Crippen molar-refractivity contribution in [3.05, 3.63) is 97.1 Å². The number of unbranched alkanes of at least 4 members (excludes halogenated alkanes) is 6. The van der Waals surface area contributed by atoms with Crippen LogP contribution in [0.1, 0.15) is 78.1 Å². The highest BCUT2D eigenvalue weighted by Gasteiger charge is 2.19. The molecule has 4 rings (SSSR count). The molecule has 0 fully saturated rings. The minimum atomic E-state index is 0.0278. The normalized spacial score (nSPS) is 12.3. The smallest absolute Gasteiger partial charge is 0.130 e. The number of quaternary nitrogens is 1. The quantitative estimate of drug-likeness (QED) is 0.0285. The molecule has 0 N–H and O–H groups in total. The van der Waals surface area contributed by atoms with Crippen molar-refractivity contribution in [3.63, 3.8) is 0 Å². The van der Waals surface area contributed by atoms with Gasteiger partial charge in [-0.3, -0.25) is 0 Å². The first-order valence-electron chi connectivity index (χ1n) is 21.5. The van der Waals surface area contributed by atoms with Crippen molar-refractivity contribution in [3.8, 4) is 23.0 Å². The number of hydrogen-bond donors (Lipinski definition) is 0. The summed E-state index contributed by atoms with van der Waals surface area (Å²) in [7, 11) is 6.53. The molecule has 0 saturated carbocycles. The Bertz CT molecular complexity index is 1730. The van der Waals surface area contributed by atoms with Gasteiger partial charge in [0.25, 0.3) is 0 Å². The van der Waals surface area contributed by atoms with E-state index in [4.69, 9.17) is 28.4 Å². The van der Waals surface area contributed by atoms with Crippen LogP contribution in [0.2, 0.25) is 0 Å². The average molecular weight is 811 g/mol. The molecule has 0 aliphatic rings. The first-order valence-corrected chi connectivity index (χ1v) is 21.5. The fourth-order valence-electron chi connectivity index (χ4n) is 5.87. The Morgan fingerprint density at radius 2 is 0.712 bits per heavy atom. The molecule has 1 atom stereocenters. The molecule has 0 spiro atoms. The molecule has 0 aliphatic heterocycles. The van der Waals surface area contributed by atoms with Gasteiger partial charge in [0.05, 0.1) is 76.9 Å². The molecule has 59 heavy (non-hydrogen) atoms. The molecule has 1 unspecified atom stereocenters. The second-order valence-electron chi connectivity index (χ2n) is 15.6. The van der Waals surface area contributed by atoms with Gasteiger partial charge in [-0.2, -0.15) is 20.5 Å². The maximum Gasteiger partial charge on any atom is 0.130 e. The Morgan fingerprint density at radius 3 is 1.03 bits per heavy atom. The summed E-state index contributed by atoms with van der Waals surface area (Å²) in [6.07, 6.45) is 10.5. The summed E-state index contributed by atoms with van der Waals surface area (Å²) in [6.45, 7) is 9.88. The van der Waals surface area contributed by atoms with Gasteiger partial charge in [-0.1, -0.05) is 39.5 Å². The second-order valence-corrected chi connectivity index (χ2v) is 15.6. The fourth-order valence-corrected chi connectivity index (χ4v) is 5.87. The highest BCUT2D eigenvalue weighted by Crippen LogP contribution is 2.25. The highest BCUT2D eigenvalue weighted by molar-refractivity contribution is 5.45. The number of benzene rings is 4. The molecular formula is C48H68N5O6+. The van der Waals surface area contributed by atoms with Crippen molar-refractivity contribution in [2.45, 2.75) is 84.2 Å². The van der Waals surface area contributed by atoms with Crippen LogP contribution in [0.15, 0.2) is 118 Å². The average Bonchev–Trinajstić information content (AvgIpc) is 3.24. The van der Waals surface area contributed by atoms with E-state index >= 15 is 0 Å². The minimum Gasteiger partial charge on any atom is -0.494 e. The Kier molecular flexibility index (Phi) is 22.1. The molecule has 11 heteroatoms. The maximum atomic E-state index is 6.27. The molecule has 4 aromatic rings. The van der Waals surface area contributed by atoms with Crippen LogP contribution in [0.4, 0.5) is 22.7 Å². The summed E-state index contributed by atoms with van der Waals surface area (Å²) in [5.41, 5.74) is 3.11. The lowest BCUT2D eigenvalue weighted by Crippen LogP contribution is -2.44. The zero-order valence-electron chi connectivity index (χ0n) is 36.2. The third kappa shape index (κ3) is 21.1. The minimum absolute atomic E-state index is 0.0278. The van der Waals surface area contributed by atoms with Crippen LogP contribution in [0, 0.1) is 0 Å². The fraction of sp³-hybridized carbons (Fsp3) is 0.500. The monoisotopic (exact) mass is 811 g/mol. The van der Waals surface area contributed by atoms with E-state index in [9.17, 15) is 0 Å². The first kappa shape index (κ1) is 46.8. The van der Waals surface area contributed by atoms with Crippen molar-refractivity contribution < 1.29 is 32.9 Å². The summed E-state index contributed by atoms with van der Waals surface area (Å²) < 4.78 is 36.6. The standard InChI is InChI=1S/C48H68N5O6/c1-6-8-10-33-55-44-24-16-40(17-25-44)49-51-42-20-28-46(29-21-42)57-35-13-12-32-54-39-48(38-53(3,4)5)59-37-15-14-36-58-47-30-22-43(23-31-47)52-50-41-18-26-45(27-19-41)56-34-11-9-7-2/h16-31,48H,6-15,32-39H2,1-5H3/q+1. The number of likely N-dealkylation sites (N-methyl/N-ethyl adjacent to an activating group) is 1. The third-order valence-corrected chi connectivity index (χ3v) is 9.11. The Balaban J connectivity index is 1.04. The zero-order chi connectivity index (χ0) is 41.8. The van der Waals surface area contributed by atoms with E-state index in [2.05, 4.69) is 55.4 Å². The first-order chi connectivity index (χ1) is 28.8. The molecule has 0 bridgehead atoms. The molecule has 0 heterocycles. The summed E-state index contributed by atoms with van der Waals surface area (Å²) in [6, 6.07) is 30.8. The Morgan fingerprint density at radius 1 is 0.407 bits per heavy atom. The van der Waals surface area contributed by atoms with Gasteiger partial charge in [-0.15, -0.1) is 0 Å². The molecular weight excluding hydrogens is 743 g/mol. The Hall–Kier alpha value is -4.84. The van der Waals surface area contributed by atoms with Gasteiger partial charge in [0.1, 0.15) is 35.6 Å². The topological polar surface area (TPSA) is 105 Å². The molecule has 0 aliphatic carbocycles. The van der Waals surface area contributed by atoms with Gasteiger partial charge in [-0.25, -0.2) is 0 Å². The van der Waals surface area contributed by atoms with E-state index in [0.29, 0.717) is 33.0 Å². The lowest BCUT2D eigenvalue weighted by Gasteiger charge is -2.29. The highest BCUT2D eigenvalue weighted by atomic mass is 16.5. The number of hydrogen-bond acceptors (Lipinski definition) is 10. The van der Waals surface area contributed by atoms with Crippen molar-refractivity contribution in [1.82, 2.24) is 0 Å². The van der Waals surface area contributed by atoms with Crippen molar-refractivity contribution in [2.75, 3.05) is 73.9 Å². The Labute approximate surface area is 353 Å². The predicted molar refractivity (Wildman–Crippen MR) is 237 cm³/mol. The lowest BCUT2D eigenvalue weighted by molar-refractivity contribution is -0.873. The van der Waals surface area contributed by atoms with E-state index < -0.39 is 0 Å². The van der Waals surface area contributed by atoms with Crippen molar-refractivity contribution in [2.24, 2.45) is 20.5 Å². The van der Waals surface area contributed by atoms with Crippen molar-refractivity contribution >= 4 is 22.7 Å². The molecule has 0 radical (unpaired) electrons. The van der Waals surface area contributed by atoms with Gasteiger partial charge in [0, 0.05) is 13.2 Å². The maximum absolute atomic E-state index is 6.27. The van der Waals surface area contributed by atoms with Gasteiger partial charge >= 0.3 is 0 Å².